The maximum absolute atomic E-state index is 9.03. The van der Waals surface area contributed by atoms with E-state index in [9.17, 15) is 0 Å². The number of hydrogen-bond donors (Lipinski definition) is 0. The summed E-state index contributed by atoms with van der Waals surface area (Å²) >= 11 is 1.55. The molecule has 1 unspecified atom stereocenters. The van der Waals surface area contributed by atoms with Crippen LogP contribution in [0.2, 0.25) is 0 Å². The maximum atomic E-state index is 9.03. The molecule has 4 heteroatoms. The summed E-state index contributed by atoms with van der Waals surface area (Å²) in [7, 11) is 1.65. The van der Waals surface area contributed by atoms with Crippen molar-refractivity contribution in [2.75, 3.05) is 7.11 Å². The number of nitrogens with zero attached hydrogens (tertiary/aromatic N) is 2. The van der Waals surface area contributed by atoms with Crippen LogP contribution in [0.25, 0.3) is 11.3 Å². The lowest BCUT2D eigenvalue weighted by atomic mass is 10.1. The van der Waals surface area contributed by atoms with E-state index in [2.05, 4.69) is 11.1 Å². The van der Waals surface area contributed by atoms with Crippen LogP contribution in [-0.4, -0.2) is 12.1 Å². The predicted molar refractivity (Wildman–Crippen MR) is 72.7 cm³/mol. The molecule has 1 aromatic carbocycles. The van der Waals surface area contributed by atoms with Crippen molar-refractivity contribution in [1.29, 1.82) is 5.26 Å². The first kappa shape index (κ1) is 12.6. The molecule has 0 radical (unpaired) electrons. The van der Waals surface area contributed by atoms with E-state index in [-0.39, 0.29) is 5.92 Å². The van der Waals surface area contributed by atoms with E-state index in [1.54, 1.807) is 18.4 Å². The van der Waals surface area contributed by atoms with Crippen LogP contribution in [0.5, 0.6) is 5.75 Å². The number of aromatic nitrogens is 1. The summed E-state index contributed by atoms with van der Waals surface area (Å²) < 4.78 is 5.12. The molecule has 0 amide bonds. The minimum Gasteiger partial charge on any atom is -0.497 e. The van der Waals surface area contributed by atoms with Gasteiger partial charge in [-0.3, -0.25) is 0 Å². The topological polar surface area (TPSA) is 45.9 Å². The van der Waals surface area contributed by atoms with Gasteiger partial charge in [0.2, 0.25) is 0 Å². The summed E-state index contributed by atoms with van der Waals surface area (Å²) in [5, 5.41) is 11.9. The smallest absolute Gasteiger partial charge is 0.118 e. The Labute approximate surface area is 111 Å². The van der Waals surface area contributed by atoms with Gasteiger partial charge in [0, 0.05) is 10.9 Å². The molecule has 1 aromatic heterocycles. The van der Waals surface area contributed by atoms with E-state index in [1.807, 2.05) is 36.6 Å². The molecule has 2 rings (SSSR count). The van der Waals surface area contributed by atoms with Gasteiger partial charge in [-0.05, 0) is 30.7 Å². The molecule has 0 aliphatic heterocycles. The first-order valence-electron chi connectivity index (χ1n) is 5.78. The molecule has 0 N–H and O–H groups in total. The number of benzene rings is 1. The van der Waals surface area contributed by atoms with Gasteiger partial charge in [0.15, 0.2) is 0 Å². The maximum Gasteiger partial charge on any atom is 0.118 e. The highest BCUT2D eigenvalue weighted by atomic mass is 32.1. The zero-order valence-electron chi connectivity index (χ0n) is 10.4. The van der Waals surface area contributed by atoms with Crippen molar-refractivity contribution in [1.82, 2.24) is 4.98 Å². The van der Waals surface area contributed by atoms with E-state index in [0.29, 0.717) is 0 Å². The number of thiazole rings is 1. The summed E-state index contributed by atoms with van der Waals surface area (Å²) in [5.41, 5.74) is 1.97. The Hall–Kier alpha value is -1.86. The molecule has 0 aliphatic rings. The largest absolute Gasteiger partial charge is 0.497 e. The van der Waals surface area contributed by atoms with Crippen molar-refractivity contribution >= 4 is 11.3 Å². The molecular weight excluding hydrogens is 244 g/mol. The minimum atomic E-state index is -0.0954. The third kappa shape index (κ3) is 2.52. The monoisotopic (exact) mass is 258 g/mol. The van der Waals surface area contributed by atoms with Gasteiger partial charge in [0.25, 0.3) is 0 Å². The highest BCUT2D eigenvalue weighted by Gasteiger charge is 2.13. The molecule has 0 spiro atoms. The molecule has 3 nitrogen and oxygen atoms in total. The fourth-order valence-electron chi connectivity index (χ4n) is 1.66. The molecule has 0 bridgehead atoms. The number of ether oxygens (including phenoxy) is 1. The minimum absolute atomic E-state index is 0.0954. The molecule has 92 valence electrons. The van der Waals surface area contributed by atoms with Crippen molar-refractivity contribution in [3.05, 3.63) is 34.7 Å². The average molecular weight is 258 g/mol. The molecule has 0 aliphatic carbocycles. The Morgan fingerprint density at radius 2 is 2.11 bits per heavy atom. The quantitative estimate of drug-likeness (QED) is 0.837. The molecule has 1 heterocycles. The standard InChI is InChI=1S/C14H14N2OS/c1-3-10(8-15)14-16-13(9-18-14)11-4-6-12(17-2)7-5-11/h4-7,9-10H,3H2,1-2H3. The Kier molecular flexibility index (Phi) is 3.96. The van der Waals surface area contributed by atoms with Gasteiger partial charge >= 0.3 is 0 Å². The van der Waals surface area contributed by atoms with Gasteiger partial charge in [-0.1, -0.05) is 6.92 Å². The number of nitriles is 1. The van der Waals surface area contributed by atoms with Gasteiger partial charge in [0.1, 0.15) is 10.8 Å². The van der Waals surface area contributed by atoms with Crippen molar-refractivity contribution in [3.63, 3.8) is 0 Å². The lowest BCUT2D eigenvalue weighted by Crippen LogP contribution is -1.92. The van der Waals surface area contributed by atoms with Crippen LogP contribution in [0, 0.1) is 11.3 Å². The highest BCUT2D eigenvalue weighted by molar-refractivity contribution is 7.10. The Balaban J connectivity index is 2.26. The van der Waals surface area contributed by atoms with E-state index < -0.39 is 0 Å². The third-order valence-electron chi connectivity index (χ3n) is 2.77. The van der Waals surface area contributed by atoms with Gasteiger partial charge in [-0.15, -0.1) is 11.3 Å². The van der Waals surface area contributed by atoms with Gasteiger partial charge in [0.05, 0.1) is 24.8 Å². The second kappa shape index (κ2) is 5.65. The van der Waals surface area contributed by atoms with Crippen molar-refractivity contribution < 1.29 is 4.74 Å². The Bertz CT molecular complexity index is 554. The fourth-order valence-corrected chi connectivity index (χ4v) is 2.62. The number of rotatable bonds is 4. The van der Waals surface area contributed by atoms with E-state index in [4.69, 9.17) is 10.00 Å². The van der Waals surface area contributed by atoms with Crippen LogP contribution in [-0.2, 0) is 0 Å². The Morgan fingerprint density at radius 1 is 1.39 bits per heavy atom. The van der Waals surface area contributed by atoms with E-state index in [0.717, 1.165) is 28.4 Å². The van der Waals surface area contributed by atoms with Gasteiger partial charge in [-0.25, -0.2) is 4.98 Å². The molecule has 2 aromatic rings. The Morgan fingerprint density at radius 3 is 2.67 bits per heavy atom. The predicted octanol–water partition coefficient (Wildman–Crippen LogP) is 3.84. The van der Waals surface area contributed by atoms with Crippen LogP contribution in [0.3, 0.4) is 0 Å². The van der Waals surface area contributed by atoms with Gasteiger partial charge < -0.3 is 4.74 Å². The lowest BCUT2D eigenvalue weighted by Gasteiger charge is -2.01. The summed E-state index contributed by atoms with van der Waals surface area (Å²) in [6.45, 7) is 2.00. The van der Waals surface area contributed by atoms with Crippen LogP contribution in [0.4, 0.5) is 0 Å². The van der Waals surface area contributed by atoms with Crippen LogP contribution >= 0.6 is 11.3 Å². The molecule has 0 saturated heterocycles. The molecule has 18 heavy (non-hydrogen) atoms. The summed E-state index contributed by atoms with van der Waals surface area (Å²) in [6.07, 6.45) is 0.798. The number of methoxy groups -OCH3 is 1. The van der Waals surface area contributed by atoms with Crippen molar-refractivity contribution in [3.8, 4) is 23.1 Å². The van der Waals surface area contributed by atoms with Crippen molar-refractivity contribution in [2.24, 2.45) is 0 Å². The summed E-state index contributed by atoms with van der Waals surface area (Å²) in [4.78, 5) is 4.53. The SMILES string of the molecule is CCC(C#N)c1nc(-c2ccc(OC)cc2)cs1. The van der Waals surface area contributed by atoms with Crippen LogP contribution in [0.15, 0.2) is 29.6 Å². The highest BCUT2D eigenvalue weighted by Crippen LogP contribution is 2.28. The third-order valence-corrected chi connectivity index (χ3v) is 3.73. The normalized spacial score (nSPS) is 11.8. The zero-order valence-corrected chi connectivity index (χ0v) is 11.2. The average Bonchev–Trinajstić information content (AvgIpc) is 2.90. The van der Waals surface area contributed by atoms with Crippen molar-refractivity contribution in [2.45, 2.75) is 19.3 Å². The van der Waals surface area contributed by atoms with Crippen LogP contribution in [0.1, 0.15) is 24.3 Å². The lowest BCUT2D eigenvalue weighted by molar-refractivity contribution is 0.415. The first-order valence-corrected chi connectivity index (χ1v) is 6.66. The zero-order chi connectivity index (χ0) is 13.0. The first-order chi connectivity index (χ1) is 8.78. The second-order valence-corrected chi connectivity index (χ2v) is 4.78. The molecule has 1 atom stereocenters. The van der Waals surface area contributed by atoms with Gasteiger partial charge in [-0.2, -0.15) is 5.26 Å². The number of hydrogen-bond acceptors (Lipinski definition) is 4. The van der Waals surface area contributed by atoms with E-state index in [1.165, 1.54) is 0 Å². The second-order valence-electron chi connectivity index (χ2n) is 3.89. The summed E-state index contributed by atoms with van der Waals surface area (Å²) in [6, 6.07) is 10.1. The molecule has 0 saturated carbocycles. The molecular formula is C14H14N2OS. The summed E-state index contributed by atoms with van der Waals surface area (Å²) in [5.74, 6) is 0.736. The van der Waals surface area contributed by atoms with Crippen LogP contribution < -0.4 is 4.74 Å². The fraction of sp³-hybridized carbons (Fsp3) is 0.286. The molecule has 0 fully saturated rings. The van der Waals surface area contributed by atoms with E-state index >= 15 is 0 Å².